The van der Waals surface area contributed by atoms with Crippen LogP contribution in [-0.4, -0.2) is 77.6 Å². The normalized spacial score (nSPS) is 22.5. The van der Waals surface area contributed by atoms with Crippen molar-refractivity contribution in [2.75, 3.05) is 44.7 Å². The molecule has 1 aromatic heterocycles. The SMILES string of the molecule is CN1CCN(c2ncccc2C(=O)N2CCCCC2)C[C@H]1C(=O)O. The molecule has 0 unspecified atom stereocenters. The summed E-state index contributed by atoms with van der Waals surface area (Å²) in [7, 11) is 1.81. The van der Waals surface area contributed by atoms with Gasteiger partial charge in [-0.3, -0.25) is 14.5 Å². The number of nitrogens with zero attached hydrogens (tertiary/aromatic N) is 4. The molecular weight excluding hydrogens is 308 g/mol. The zero-order chi connectivity index (χ0) is 17.1. The first kappa shape index (κ1) is 16.7. The zero-order valence-corrected chi connectivity index (χ0v) is 14.0. The molecule has 130 valence electrons. The van der Waals surface area contributed by atoms with Crippen LogP contribution >= 0.6 is 0 Å². The lowest BCUT2D eigenvalue weighted by molar-refractivity contribution is -0.142. The van der Waals surface area contributed by atoms with Gasteiger partial charge >= 0.3 is 5.97 Å². The van der Waals surface area contributed by atoms with Gasteiger partial charge in [0, 0.05) is 38.9 Å². The van der Waals surface area contributed by atoms with Crippen molar-refractivity contribution in [3.05, 3.63) is 23.9 Å². The molecule has 0 bridgehead atoms. The summed E-state index contributed by atoms with van der Waals surface area (Å²) < 4.78 is 0. The number of piperidine rings is 1. The van der Waals surface area contributed by atoms with Crippen LogP contribution in [0.2, 0.25) is 0 Å². The largest absolute Gasteiger partial charge is 0.480 e. The lowest BCUT2D eigenvalue weighted by Crippen LogP contribution is -2.55. The molecule has 3 rings (SSSR count). The van der Waals surface area contributed by atoms with Gasteiger partial charge in [-0.15, -0.1) is 0 Å². The summed E-state index contributed by atoms with van der Waals surface area (Å²) in [5, 5.41) is 9.39. The summed E-state index contributed by atoms with van der Waals surface area (Å²) in [6.07, 6.45) is 4.91. The Labute approximate surface area is 141 Å². The highest BCUT2D eigenvalue weighted by atomic mass is 16.4. The number of anilines is 1. The van der Waals surface area contributed by atoms with E-state index in [1.54, 1.807) is 18.3 Å². The zero-order valence-electron chi connectivity index (χ0n) is 14.0. The van der Waals surface area contributed by atoms with Crippen molar-refractivity contribution in [1.29, 1.82) is 0 Å². The second-order valence-corrected chi connectivity index (χ2v) is 6.51. The topological polar surface area (TPSA) is 77.0 Å². The number of carboxylic acid groups (broad SMARTS) is 1. The Bertz CT molecular complexity index is 616. The fourth-order valence-electron chi connectivity index (χ4n) is 3.42. The molecule has 2 aliphatic rings. The van der Waals surface area contributed by atoms with Crippen LogP contribution in [0.3, 0.4) is 0 Å². The molecule has 1 amide bonds. The van der Waals surface area contributed by atoms with E-state index in [1.807, 2.05) is 21.7 Å². The number of likely N-dealkylation sites (tertiary alicyclic amines) is 1. The molecule has 24 heavy (non-hydrogen) atoms. The summed E-state index contributed by atoms with van der Waals surface area (Å²) in [6, 6.07) is 2.98. The molecule has 1 aromatic rings. The van der Waals surface area contributed by atoms with Crippen LogP contribution in [0.4, 0.5) is 5.82 Å². The molecule has 0 radical (unpaired) electrons. The number of hydrogen-bond donors (Lipinski definition) is 1. The maximum absolute atomic E-state index is 12.9. The molecule has 0 spiro atoms. The van der Waals surface area contributed by atoms with Crippen LogP contribution in [0.1, 0.15) is 29.6 Å². The molecule has 0 saturated carbocycles. The first-order chi connectivity index (χ1) is 11.6. The number of rotatable bonds is 3. The summed E-state index contributed by atoms with van der Waals surface area (Å²) in [6.45, 7) is 3.20. The minimum absolute atomic E-state index is 0.00334. The second kappa shape index (κ2) is 7.17. The van der Waals surface area contributed by atoms with Gasteiger partial charge in [-0.25, -0.2) is 4.98 Å². The van der Waals surface area contributed by atoms with Gasteiger partial charge in [-0.1, -0.05) is 0 Å². The number of pyridine rings is 1. The van der Waals surface area contributed by atoms with Crippen LogP contribution in [0.15, 0.2) is 18.3 Å². The van der Waals surface area contributed by atoms with Crippen molar-refractivity contribution < 1.29 is 14.7 Å². The Kier molecular flexibility index (Phi) is 4.99. The third-order valence-electron chi connectivity index (χ3n) is 4.89. The number of aromatic nitrogens is 1. The monoisotopic (exact) mass is 332 g/mol. The maximum atomic E-state index is 12.9. The molecule has 2 aliphatic heterocycles. The summed E-state index contributed by atoms with van der Waals surface area (Å²) in [5.74, 6) is -0.238. The number of carbonyl (C=O) groups is 2. The predicted molar refractivity (Wildman–Crippen MR) is 90.3 cm³/mol. The van der Waals surface area contributed by atoms with Crippen LogP contribution in [0.25, 0.3) is 0 Å². The number of carbonyl (C=O) groups excluding carboxylic acids is 1. The molecule has 0 aromatic carbocycles. The minimum Gasteiger partial charge on any atom is -0.480 e. The van der Waals surface area contributed by atoms with Crippen molar-refractivity contribution in [3.63, 3.8) is 0 Å². The summed E-state index contributed by atoms with van der Waals surface area (Å²) in [5.41, 5.74) is 0.577. The Hall–Kier alpha value is -2.15. The Balaban J connectivity index is 1.83. The molecule has 1 atom stereocenters. The second-order valence-electron chi connectivity index (χ2n) is 6.51. The fourth-order valence-corrected chi connectivity index (χ4v) is 3.42. The summed E-state index contributed by atoms with van der Waals surface area (Å²) in [4.78, 5) is 34.4. The smallest absolute Gasteiger partial charge is 0.322 e. The number of amides is 1. The van der Waals surface area contributed by atoms with Crippen molar-refractivity contribution in [1.82, 2.24) is 14.8 Å². The van der Waals surface area contributed by atoms with Crippen LogP contribution in [0, 0.1) is 0 Å². The summed E-state index contributed by atoms with van der Waals surface area (Å²) >= 11 is 0. The number of hydrogen-bond acceptors (Lipinski definition) is 5. The first-order valence-electron chi connectivity index (χ1n) is 8.50. The standard InChI is InChI=1S/C17H24N4O3/c1-19-10-11-21(12-14(19)17(23)24)15-13(6-5-7-18-15)16(22)20-8-3-2-4-9-20/h5-7,14H,2-4,8-12H2,1H3,(H,23,24)/t14-/m0/s1. The van der Waals surface area contributed by atoms with E-state index >= 15 is 0 Å². The average molecular weight is 332 g/mol. The van der Waals surface area contributed by atoms with E-state index in [0.29, 0.717) is 31.0 Å². The van der Waals surface area contributed by atoms with Gasteiger partial charge in [-0.05, 0) is 38.4 Å². The highest BCUT2D eigenvalue weighted by Crippen LogP contribution is 2.23. The molecule has 1 N–H and O–H groups in total. The van der Waals surface area contributed by atoms with Gasteiger partial charge in [-0.2, -0.15) is 0 Å². The van der Waals surface area contributed by atoms with Crippen molar-refractivity contribution in [2.24, 2.45) is 0 Å². The van der Waals surface area contributed by atoms with Gasteiger partial charge in [0.1, 0.15) is 11.9 Å². The van der Waals surface area contributed by atoms with Gasteiger partial charge < -0.3 is 14.9 Å². The lowest BCUT2D eigenvalue weighted by atomic mass is 10.1. The third kappa shape index (κ3) is 3.36. The molecule has 0 aliphatic carbocycles. The van der Waals surface area contributed by atoms with E-state index in [2.05, 4.69) is 4.98 Å². The Morgan fingerprint density at radius 2 is 1.92 bits per heavy atom. The number of piperazine rings is 1. The maximum Gasteiger partial charge on any atom is 0.322 e. The van der Waals surface area contributed by atoms with Crippen molar-refractivity contribution >= 4 is 17.7 Å². The molecule has 7 nitrogen and oxygen atoms in total. The van der Waals surface area contributed by atoms with Gasteiger partial charge in [0.2, 0.25) is 0 Å². The molecule has 3 heterocycles. The Morgan fingerprint density at radius 3 is 2.62 bits per heavy atom. The predicted octanol–water partition coefficient (Wildman–Crippen LogP) is 0.913. The van der Waals surface area contributed by atoms with Crippen molar-refractivity contribution in [3.8, 4) is 0 Å². The van der Waals surface area contributed by atoms with Gasteiger partial charge in [0.05, 0.1) is 5.56 Å². The van der Waals surface area contributed by atoms with E-state index in [4.69, 9.17) is 0 Å². The van der Waals surface area contributed by atoms with Crippen LogP contribution in [-0.2, 0) is 4.79 Å². The van der Waals surface area contributed by atoms with Crippen molar-refractivity contribution in [2.45, 2.75) is 25.3 Å². The molecule has 7 heteroatoms. The van der Waals surface area contributed by atoms with Crippen LogP contribution < -0.4 is 4.90 Å². The lowest BCUT2D eigenvalue weighted by Gasteiger charge is -2.38. The Morgan fingerprint density at radius 1 is 1.17 bits per heavy atom. The van der Waals surface area contributed by atoms with E-state index in [1.165, 1.54) is 6.42 Å². The van der Waals surface area contributed by atoms with Gasteiger partial charge in [0.15, 0.2) is 0 Å². The quantitative estimate of drug-likeness (QED) is 0.887. The van der Waals surface area contributed by atoms with E-state index < -0.39 is 12.0 Å². The van der Waals surface area contributed by atoms with Crippen LogP contribution in [0.5, 0.6) is 0 Å². The number of aliphatic carboxylic acids is 1. The number of carboxylic acids is 1. The van der Waals surface area contributed by atoms with E-state index in [9.17, 15) is 14.7 Å². The van der Waals surface area contributed by atoms with Gasteiger partial charge in [0.25, 0.3) is 5.91 Å². The van der Waals surface area contributed by atoms with E-state index in [0.717, 1.165) is 25.9 Å². The highest BCUT2D eigenvalue weighted by molar-refractivity contribution is 5.99. The molecule has 2 fully saturated rings. The fraction of sp³-hybridized carbons (Fsp3) is 0.588. The minimum atomic E-state index is -0.845. The first-order valence-corrected chi connectivity index (χ1v) is 8.50. The van der Waals surface area contributed by atoms with E-state index in [-0.39, 0.29) is 5.91 Å². The third-order valence-corrected chi connectivity index (χ3v) is 4.89. The average Bonchev–Trinajstić information content (AvgIpc) is 2.62. The molecule has 2 saturated heterocycles. The highest BCUT2D eigenvalue weighted by Gasteiger charge is 2.32. The number of likely N-dealkylation sites (N-methyl/N-ethyl adjacent to an activating group) is 1. The molecular formula is C17H24N4O3.